The van der Waals surface area contributed by atoms with E-state index in [1.807, 2.05) is 0 Å². The van der Waals surface area contributed by atoms with Gasteiger partial charge in [-0.1, -0.05) is 30.3 Å². The monoisotopic (exact) mass is 430 g/mol. The predicted octanol–water partition coefficient (Wildman–Crippen LogP) is 4.70. The van der Waals surface area contributed by atoms with Gasteiger partial charge in [0.1, 0.15) is 6.61 Å². The van der Waals surface area contributed by atoms with Gasteiger partial charge in [0.2, 0.25) is 0 Å². The zero-order chi connectivity index (χ0) is 22.6. The number of carbonyl (C=O) groups is 2. The molecule has 0 bridgehead atoms. The van der Waals surface area contributed by atoms with Crippen LogP contribution in [0.3, 0.4) is 0 Å². The van der Waals surface area contributed by atoms with Crippen LogP contribution in [0, 0.1) is 13.8 Å². The maximum Gasteiger partial charge on any atom is 0.418 e. The molecule has 1 aromatic heterocycles. The standard InChI is InChI=1S/C23H21F3N2O3/c1-15-14-18(16(2)28(15)20-11-7-6-10-19(20)23(24,25)26)21(29)27-12-13-31-22(30)17-8-4-3-5-9-17/h3-11,14H,12-13H2,1-2H3,(H,27,29). The predicted molar refractivity (Wildman–Crippen MR) is 109 cm³/mol. The van der Waals surface area contributed by atoms with Crippen molar-refractivity contribution >= 4 is 11.9 Å². The summed E-state index contributed by atoms with van der Waals surface area (Å²) in [6, 6.07) is 15.2. The average Bonchev–Trinajstić information content (AvgIpc) is 3.04. The molecule has 1 amide bonds. The first-order valence-electron chi connectivity index (χ1n) is 9.56. The number of benzene rings is 2. The number of para-hydroxylation sites is 1. The molecule has 0 aliphatic carbocycles. The Bertz CT molecular complexity index is 1090. The Balaban J connectivity index is 1.70. The number of halogens is 3. The van der Waals surface area contributed by atoms with E-state index in [1.165, 1.54) is 28.8 Å². The Kier molecular flexibility index (Phi) is 6.48. The van der Waals surface area contributed by atoms with Gasteiger partial charge in [-0.05, 0) is 44.2 Å². The molecule has 0 atom stereocenters. The Morgan fingerprint density at radius 1 is 1.00 bits per heavy atom. The molecule has 0 radical (unpaired) electrons. The summed E-state index contributed by atoms with van der Waals surface area (Å²) in [6.45, 7) is 3.26. The summed E-state index contributed by atoms with van der Waals surface area (Å²) in [5.41, 5.74) is 0.713. The molecule has 0 saturated heterocycles. The Hall–Kier alpha value is -3.55. The highest BCUT2D eigenvalue weighted by atomic mass is 19.4. The molecule has 162 valence electrons. The molecule has 0 fully saturated rings. The summed E-state index contributed by atoms with van der Waals surface area (Å²) in [7, 11) is 0. The van der Waals surface area contributed by atoms with E-state index in [-0.39, 0.29) is 24.4 Å². The molecule has 0 aliphatic rings. The molecule has 3 aromatic rings. The van der Waals surface area contributed by atoms with E-state index in [0.717, 1.165) is 6.07 Å². The highest BCUT2D eigenvalue weighted by molar-refractivity contribution is 5.96. The van der Waals surface area contributed by atoms with Gasteiger partial charge in [0, 0.05) is 11.4 Å². The lowest BCUT2D eigenvalue weighted by molar-refractivity contribution is -0.137. The van der Waals surface area contributed by atoms with Crippen LogP contribution in [0.1, 0.15) is 37.7 Å². The number of carbonyl (C=O) groups excluding carboxylic acids is 2. The smallest absolute Gasteiger partial charge is 0.418 e. The third-order valence-corrected chi connectivity index (χ3v) is 4.76. The molecule has 8 heteroatoms. The highest BCUT2D eigenvalue weighted by Crippen LogP contribution is 2.35. The van der Waals surface area contributed by atoms with Crippen molar-refractivity contribution in [3.8, 4) is 5.69 Å². The summed E-state index contributed by atoms with van der Waals surface area (Å²) in [6.07, 6.45) is -4.52. The number of alkyl halides is 3. The Labute approximate surface area is 177 Å². The van der Waals surface area contributed by atoms with Gasteiger partial charge in [0.25, 0.3) is 5.91 Å². The van der Waals surface area contributed by atoms with Crippen LogP contribution in [0.4, 0.5) is 13.2 Å². The maximum atomic E-state index is 13.4. The molecule has 31 heavy (non-hydrogen) atoms. The molecule has 0 saturated carbocycles. The average molecular weight is 430 g/mol. The van der Waals surface area contributed by atoms with Crippen LogP contribution in [0.25, 0.3) is 5.69 Å². The number of rotatable bonds is 6. The first-order valence-corrected chi connectivity index (χ1v) is 9.56. The van der Waals surface area contributed by atoms with Crippen LogP contribution in [0.15, 0.2) is 60.7 Å². The number of nitrogens with one attached hydrogen (secondary N) is 1. The number of hydrogen-bond acceptors (Lipinski definition) is 3. The number of nitrogens with zero attached hydrogens (tertiary/aromatic N) is 1. The van der Waals surface area contributed by atoms with Gasteiger partial charge < -0.3 is 14.6 Å². The van der Waals surface area contributed by atoms with Crippen molar-refractivity contribution in [1.29, 1.82) is 0 Å². The van der Waals surface area contributed by atoms with Gasteiger partial charge in [0.05, 0.1) is 28.9 Å². The van der Waals surface area contributed by atoms with Gasteiger partial charge in [0.15, 0.2) is 0 Å². The lowest BCUT2D eigenvalue weighted by atomic mass is 10.1. The molecule has 0 aliphatic heterocycles. The minimum atomic E-state index is -4.52. The summed E-state index contributed by atoms with van der Waals surface area (Å²) >= 11 is 0. The summed E-state index contributed by atoms with van der Waals surface area (Å²) in [5, 5.41) is 2.63. The van der Waals surface area contributed by atoms with Crippen LogP contribution in [0.2, 0.25) is 0 Å². The number of aryl methyl sites for hydroxylation is 1. The summed E-state index contributed by atoms with van der Waals surface area (Å²) in [5.74, 6) is -0.962. The van der Waals surface area contributed by atoms with Crippen molar-refractivity contribution in [2.24, 2.45) is 0 Å². The Morgan fingerprint density at radius 2 is 1.65 bits per heavy atom. The van der Waals surface area contributed by atoms with E-state index in [0.29, 0.717) is 17.0 Å². The van der Waals surface area contributed by atoms with E-state index < -0.39 is 23.6 Å². The first-order chi connectivity index (χ1) is 14.7. The molecule has 1 heterocycles. The van der Waals surface area contributed by atoms with E-state index in [2.05, 4.69) is 5.32 Å². The zero-order valence-electron chi connectivity index (χ0n) is 17.0. The second-order valence-electron chi connectivity index (χ2n) is 6.89. The second kappa shape index (κ2) is 9.07. The third-order valence-electron chi connectivity index (χ3n) is 4.76. The molecule has 0 unspecified atom stereocenters. The normalized spacial score (nSPS) is 11.3. The number of ether oxygens (including phenoxy) is 1. The van der Waals surface area contributed by atoms with Crippen molar-refractivity contribution in [3.63, 3.8) is 0 Å². The SMILES string of the molecule is Cc1cc(C(=O)NCCOC(=O)c2ccccc2)c(C)n1-c1ccccc1C(F)(F)F. The van der Waals surface area contributed by atoms with Crippen LogP contribution >= 0.6 is 0 Å². The lowest BCUT2D eigenvalue weighted by Crippen LogP contribution is -2.28. The van der Waals surface area contributed by atoms with Gasteiger partial charge in [-0.3, -0.25) is 4.79 Å². The molecular formula is C23H21F3N2O3. The second-order valence-corrected chi connectivity index (χ2v) is 6.89. The molecule has 0 spiro atoms. The van der Waals surface area contributed by atoms with Crippen molar-refractivity contribution in [2.75, 3.05) is 13.2 Å². The van der Waals surface area contributed by atoms with Crippen LogP contribution in [0.5, 0.6) is 0 Å². The molecule has 3 rings (SSSR count). The van der Waals surface area contributed by atoms with Gasteiger partial charge in [-0.25, -0.2) is 4.79 Å². The van der Waals surface area contributed by atoms with Gasteiger partial charge in [-0.2, -0.15) is 13.2 Å². The van der Waals surface area contributed by atoms with E-state index in [1.54, 1.807) is 44.2 Å². The molecular weight excluding hydrogens is 409 g/mol. The van der Waals surface area contributed by atoms with Crippen molar-refractivity contribution in [2.45, 2.75) is 20.0 Å². The fraction of sp³-hybridized carbons (Fsp3) is 0.217. The quantitative estimate of drug-likeness (QED) is 0.456. The van der Waals surface area contributed by atoms with Gasteiger partial charge >= 0.3 is 12.1 Å². The maximum absolute atomic E-state index is 13.4. The lowest BCUT2D eigenvalue weighted by Gasteiger charge is -2.16. The van der Waals surface area contributed by atoms with Crippen LogP contribution < -0.4 is 5.32 Å². The van der Waals surface area contributed by atoms with Crippen molar-refractivity contribution in [1.82, 2.24) is 9.88 Å². The van der Waals surface area contributed by atoms with Crippen LogP contribution in [-0.4, -0.2) is 29.6 Å². The highest BCUT2D eigenvalue weighted by Gasteiger charge is 2.34. The molecule has 2 aromatic carbocycles. The van der Waals surface area contributed by atoms with Crippen molar-refractivity contribution in [3.05, 3.63) is 88.7 Å². The number of aromatic nitrogens is 1. The summed E-state index contributed by atoms with van der Waals surface area (Å²) < 4.78 is 46.8. The largest absolute Gasteiger partial charge is 0.460 e. The van der Waals surface area contributed by atoms with Crippen LogP contribution in [-0.2, 0) is 10.9 Å². The number of amides is 1. The zero-order valence-corrected chi connectivity index (χ0v) is 17.0. The molecule has 5 nitrogen and oxygen atoms in total. The minimum absolute atomic E-state index is 0.0326. The van der Waals surface area contributed by atoms with E-state index >= 15 is 0 Å². The fourth-order valence-electron chi connectivity index (χ4n) is 3.33. The van der Waals surface area contributed by atoms with E-state index in [4.69, 9.17) is 4.74 Å². The van der Waals surface area contributed by atoms with Gasteiger partial charge in [-0.15, -0.1) is 0 Å². The first kappa shape index (κ1) is 22.1. The molecule has 1 N–H and O–H groups in total. The minimum Gasteiger partial charge on any atom is -0.460 e. The topological polar surface area (TPSA) is 60.3 Å². The van der Waals surface area contributed by atoms with E-state index in [9.17, 15) is 22.8 Å². The number of esters is 1. The Morgan fingerprint density at radius 3 is 2.32 bits per heavy atom. The fourth-order valence-corrected chi connectivity index (χ4v) is 3.33. The number of hydrogen-bond donors (Lipinski definition) is 1. The summed E-state index contributed by atoms with van der Waals surface area (Å²) in [4.78, 5) is 24.5. The third kappa shape index (κ3) is 4.96. The van der Waals surface area contributed by atoms with Crippen molar-refractivity contribution < 1.29 is 27.5 Å².